The number of methoxy groups -OCH3 is 1. The third kappa shape index (κ3) is 6.05. The van der Waals surface area contributed by atoms with Crippen LogP contribution in [0.5, 0.6) is 0 Å². The van der Waals surface area contributed by atoms with Gasteiger partial charge in [0.05, 0.1) is 7.11 Å². The van der Waals surface area contributed by atoms with Gasteiger partial charge in [-0.15, -0.1) is 11.3 Å². The van der Waals surface area contributed by atoms with Crippen molar-refractivity contribution in [2.75, 3.05) is 7.11 Å². The zero-order valence-corrected chi connectivity index (χ0v) is 14.9. The van der Waals surface area contributed by atoms with Gasteiger partial charge in [0.25, 0.3) is 0 Å². The molecular weight excluding hydrogens is 302 g/mol. The second-order valence-corrected chi connectivity index (χ2v) is 7.58. The first-order valence-electron chi connectivity index (χ1n) is 7.28. The molecule has 0 aliphatic carbocycles. The van der Waals surface area contributed by atoms with E-state index in [1.807, 2.05) is 12.1 Å². The first-order valence-corrected chi connectivity index (χ1v) is 8.10. The fourth-order valence-corrected chi connectivity index (χ4v) is 2.86. The van der Waals surface area contributed by atoms with Crippen LogP contribution >= 0.6 is 11.3 Å². The Morgan fingerprint density at radius 2 is 1.91 bits per heavy atom. The monoisotopic (exact) mass is 327 g/mol. The van der Waals surface area contributed by atoms with Crippen molar-refractivity contribution < 1.29 is 19.1 Å². The highest BCUT2D eigenvalue weighted by molar-refractivity contribution is 7.12. The second-order valence-electron chi connectivity index (χ2n) is 6.38. The molecule has 124 valence electrons. The quantitative estimate of drug-likeness (QED) is 0.841. The molecule has 0 fully saturated rings. The SMILES string of the molecule is COC(=O)[C@@H](Cc1ccc(C(C)C)s1)NC(=O)OC(C)(C)C. The van der Waals surface area contributed by atoms with Crippen LogP contribution in [0.2, 0.25) is 0 Å². The average Bonchev–Trinajstić information content (AvgIpc) is 2.83. The van der Waals surface area contributed by atoms with Crippen molar-refractivity contribution in [3.8, 4) is 0 Å². The first kappa shape index (κ1) is 18.5. The number of thiophene rings is 1. The Morgan fingerprint density at radius 1 is 1.27 bits per heavy atom. The summed E-state index contributed by atoms with van der Waals surface area (Å²) < 4.78 is 9.95. The van der Waals surface area contributed by atoms with Crippen LogP contribution < -0.4 is 5.32 Å². The van der Waals surface area contributed by atoms with E-state index in [-0.39, 0.29) is 0 Å². The van der Waals surface area contributed by atoms with Crippen LogP contribution in [-0.2, 0) is 20.7 Å². The molecule has 5 nitrogen and oxygen atoms in total. The first-order chi connectivity index (χ1) is 10.1. The predicted octanol–water partition coefficient (Wildman–Crippen LogP) is 3.48. The van der Waals surface area contributed by atoms with Gasteiger partial charge in [-0.3, -0.25) is 0 Å². The van der Waals surface area contributed by atoms with E-state index < -0.39 is 23.7 Å². The van der Waals surface area contributed by atoms with Crippen molar-refractivity contribution >= 4 is 23.4 Å². The molecule has 1 heterocycles. The highest BCUT2D eigenvalue weighted by Crippen LogP contribution is 2.25. The van der Waals surface area contributed by atoms with Crippen molar-refractivity contribution in [3.63, 3.8) is 0 Å². The van der Waals surface area contributed by atoms with Gasteiger partial charge in [0.1, 0.15) is 11.6 Å². The number of rotatable bonds is 5. The van der Waals surface area contributed by atoms with Crippen LogP contribution in [-0.4, -0.2) is 30.8 Å². The lowest BCUT2D eigenvalue weighted by Gasteiger charge is -2.22. The van der Waals surface area contributed by atoms with E-state index in [9.17, 15) is 9.59 Å². The number of amides is 1. The molecule has 0 saturated heterocycles. The summed E-state index contributed by atoms with van der Waals surface area (Å²) >= 11 is 1.64. The summed E-state index contributed by atoms with van der Waals surface area (Å²) in [5.41, 5.74) is -0.613. The normalized spacial score (nSPS) is 12.9. The number of carbonyl (C=O) groups excluding carboxylic acids is 2. The number of hydrogen-bond acceptors (Lipinski definition) is 5. The van der Waals surface area contributed by atoms with Crippen molar-refractivity contribution in [2.24, 2.45) is 0 Å². The maximum atomic E-state index is 11.9. The van der Waals surface area contributed by atoms with Crippen LogP contribution in [0.4, 0.5) is 4.79 Å². The Labute approximate surface area is 136 Å². The van der Waals surface area contributed by atoms with Gasteiger partial charge < -0.3 is 14.8 Å². The molecule has 0 unspecified atom stereocenters. The Balaban J connectivity index is 2.76. The van der Waals surface area contributed by atoms with E-state index in [1.54, 1.807) is 32.1 Å². The van der Waals surface area contributed by atoms with E-state index in [2.05, 4.69) is 19.2 Å². The summed E-state index contributed by atoms with van der Waals surface area (Å²) in [5, 5.41) is 2.58. The molecule has 0 bridgehead atoms. The number of nitrogens with one attached hydrogen (secondary N) is 1. The fraction of sp³-hybridized carbons (Fsp3) is 0.625. The number of hydrogen-bond donors (Lipinski definition) is 1. The molecule has 22 heavy (non-hydrogen) atoms. The summed E-state index contributed by atoms with van der Waals surface area (Å²) in [5.74, 6) is -0.0421. The van der Waals surface area contributed by atoms with Crippen molar-refractivity contribution in [3.05, 3.63) is 21.9 Å². The van der Waals surface area contributed by atoms with E-state index in [0.717, 1.165) is 4.88 Å². The van der Waals surface area contributed by atoms with Crippen LogP contribution in [0.1, 0.15) is 50.3 Å². The largest absolute Gasteiger partial charge is 0.467 e. The zero-order chi connectivity index (χ0) is 16.9. The van der Waals surface area contributed by atoms with E-state index in [0.29, 0.717) is 12.3 Å². The summed E-state index contributed by atoms with van der Waals surface area (Å²) in [6.07, 6.45) is -0.230. The number of ether oxygens (including phenoxy) is 2. The molecule has 0 spiro atoms. The Hall–Kier alpha value is -1.56. The van der Waals surface area contributed by atoms with Crippen molar-refractivity contribution in [1.29, 1.82) is 0 Å². The van der Waals surface area contributed by atoms with Gasteiger partial charge in [0.15, 0.2) is 0 Å². The van der Waals surface area contributed by atoms with Crippen molar-refractivity contribution in [1.82, 2.24) is 5.32 Å². The summed E-state index contributed by atoms with van der Waals surface area (Å²) in [7, 11) is 1.31. The van der Waals surface area contributed by atoms with Crippen LogP contribution in [0, 0.1) is 0 Å². The molecule has 0 aliphatic heterocycles. The number of esters is 1. The van der Waals surface area contributed by atoms with E-state index in [4.69, 9.17) is 9.47 Å². The smallest absolute Gasteiger partial charge is 0.408 e. The molecule has 1 amide bonds. The second kappa shape index (κ2) is 7.63. The van der Waals surface area contributed by atoms with Gasteiger partial charge in [-0.05, 0) is 38.8 Å². The molecule has 0 aliphatic rings. The van der Waals surface area contributed by atoms with Crippen molar-refractivity contribution in [2.45, 2.75) is 58.6 Å². The molecule has 6 heteroatoms. The summed E-state index contributed by atoms with van der Waals surface area (Å²) in [4.78, 5) is 26.0. The maximum Gasteiger partial charge on any atom is 0.408 e. The van der Waals surface area contributed by atoms with E-state index >= 15 is 0 Å². The molecule has 0 radical (unpaired) electrons. The minimum Gasteiger partial charge on any atom is -0.467 e. The molecule has 0 saturated carbocycles. The van der Waals surface area contributed by atoms with Gasteiger partial charge in [-0.2, -0.15) is 0 Å². The van der Waals surface area contributed by atoms with Gasteiger partial charge in [0.2, 0.25) is 0 Å². The van der Waals surface area contributed by atoms with Gasteiger partial charge in [-0.25, -0.2) is 9.59 Å². The summed E-state index contributed by atoms with van der Waals surface area (Å²) in [6.45, 7) is 9.55. The lowest BCUT2D eigenvalue weighted by atomic mass is 10.1. The summed E-state index contributed by atoms with van der Waals surface area (Å²) in [6, 6.07) is 3.28. The zero-order valence-electron chi connectivity index (χ0n) is 14.1. The third-order valence-electron chi connectivity index (χ3n) is 2.83. The Morgan fingerprint density at radius 3 is 2.36 bits per heavy atom. The average molecular weight is 327 g/mol. The van der Waals surface area contributed by atoms with Gasteiger partial charge in [0, 0.05) is 16.2 Å². The van der Waals surface area contributed by atoms with E-state index in [1.165, 1.54) is 12.0 Å². The van der Waals surface area contributed by atoms with Crippen LogP contribution in [0.3, 0.4) is 0 Å². The van der Waals surface area contributed by atoms with Gasteiger partial charge >= 0.3 is 12.1 Å². The highest BCUT2D eigenvalue weighted by atomic mass is 32.1. The molecule has 1 rings (SSSR count). The molecule has 1 aromatic heterocycles. The Bertz CT molecular complexity index is 516. The molecule has 0 aromatic carbocycles. The molecule has 1 atom stereocenters. The number of carbonyl (C=O) groups is 2. The minimum atomic E-state index is -0.751. The fourth-order valence-electron chi connectivity index (χ4n) is 1.80. The lowest BCUT2D eigenvalue weighted by molar-refractivity contribution is -0.143. The maximum absolute atomic E-state index is 11.9. The molecule has 1 N–H and O–H groups in total. The minimum absolute atomic E-state index is 0.392. The molecule has 1 aromatic rings. The molecular formula is C16H25NO4S. The predicted molar refractivity (Wildman–Crippen MR) is 87.3 cm³/mol. The topological polar surface area (TPSA) is 64.6 Å². The third-order valence-corrected chi connectivity index (χ3v) is 4.24. The van der Waals surface area contributed by atoms with Crippen LogP contribution in [0.25, 0.3) is 0 Å². The van der Waals surface area contributed by atoms with Gasteiger partial charge in [-0.1, -0.05) is 13.8 Å². The highest BCUT2D eigenvalue weighted by Gasteiger charge is 2.25. The van der Waals surface area contributed by atoms with Crippen LogP contribution in [0.15, 0.2) is 12.1 Å². The standard InChI is InChI=1S/C16H25NO4S/c1-10(2)13-8-7-11(22-13)9-12(14(18)20-6)17-15(19)21-16(3,4)5/h7-8,10,12H,9H2,1-6H3,(H,17,19)/t12-/m1/s1. The number of alkyl carbamates (subject to hydrolysis) is 1. The Kier molecular flexibility index (Phi) is 6.41. The lowest BCUT2D eigenvalue weighted by Crippen LogP contribution is -2.45.